The maximum Gasteiger partial charge on any atom is 0.147 e. The van der Waals surface area contributed by atoms with Gasteiger partial charge in [0.25, 0.3) is 0 Å². The Labute approximate surface area is 194 Å². The lowest BCUT2D eigenvalue weighted by Gasteiger charge is -2.46. The first-order valence-electron chi connectivity index (χ1n) is 12.1. The summed E-state index contributed by atoms with van der Waals surface area (Å²) >= 11 is 1.75. The van der Waals surface area contributed by atoms with Gasteiger partial charge >= 0.3 is 0 Å². The number of fused-ring (bicyclic) bond motifs is 4. The molecule has 2 atom stereocenters. The van der Waals surface area contributed by atoms with E-state index in [4.69, 9.17) is 14.7 Å². The van der Waals surface area contributed by atoms with Crippen molar-refractivity contribution in [3.63, 3.8) is 0 Å². The summed E-state index contributed by atoms with van der Waals surface area (Å²) in [7, 11) is 2.07. The number of nitrogens with one attached hydrogen (secondary N) is 2. The van der Waals surface area contributed by atoms with Crippen LogP contribution in [0.15, 0.2) is 11.3 Å². The van der Waals surface area contributed by atoms with Crippen molar-refractivity contribution in [3.8, 4) is 0 Å². The van der Waals surface area contributed by atoms with E-state index in [-0.39, 0.29) is 5.66 Å². The topological polar surface area (TPSA) is 74.7 Å². The second-order valence-corrected chi connectivity index (χ2v) is 11.2. The summed E-state index contributed by atoms with van der Waals surface area (Å²) in [5, 5.41) is 8.50. The quantitative estimate of drug-likeness (QED) is 0.695. The van der Waals surface area contributed by atoms with Gasteiger partial charge in [0, 0.05) is 37.3 Å². The van der Waals surface area contributed by atoms with Gasteiger partial charge in [0.1, 0.15) is 22.5 Å². The molecule has 2 aromatic rings. The monoisotopic (exact) mass is 456 g/mol. The summed E-state index contributed by atoms with van der Waals surface area (Å²) < 4.78 is 7.72. The molecule has 5 rings (SSSR count). The Hall–Kier alpha value is -1.61. The molecule has 8 heteroatoms. The molecule has 4 heterocycles. The largest absolute Gasteiger partial charge is 0.379 e. The molecule has 1 saturated heterocycles. The number of nitrogens with zero attached hydrogens (tertiary/aromatic N) is 4. The van der Waals surface area contributed by atoms with E-state index in [1.165, 1.54) is 18.1 Å². The number of ether oxygens (including phenoxy) is 1. The molecule has 0 bridgehead atoms. The van der Waals surface area contributed by atoms with E-state index in [9.17, 15) is 0 Å². The third kappa shape index (κ3) is 3.85. The van der Waals surface area contributed by atoms with Crippen LogP contribution in [-0.4, -0.2) is 67.0 Å². The average molecular weight is 457 g/mol. The van der Waals surface area contributed by atoms with Gasteiger partial charge in [-0.1, -0.05) is 26.3 Å². The zero-order valence-corrected chi connectivity index (χ0v) is 20.6. The molecule has 2 aliphatic heterocycles. The van der Waals surface area contributed by atoms with Crippen molar-refractivity contribution in [3.05, 3.63) is 16.2 Å². The van der Waals surface area contributed by atoms with Gasteiger partial charge in [-0.15, -0.1) is 11.3 Å². The van der Waals surface area contributed by atoms with Gasteiger partial charge in [-0.05, 0) is 38.1 Å². The Morgan fingerprint density at radius 2 is 2.06 bits per heavy atom. The van der Waals surface area contributed by atoms with Crippen LogP contribution in [0.2, 0.25) is 0 Å². The molecule has 32 heavy (non-hydrogen) atoms. The van der Waals surface area contributed by atoms with E-state index in [2.05, 4.69) is 48.3 Å². The molecule has 174 valence electrons. The van der Waals surface area contributed by atoms with Gasteiger partial charge in [0.15, 0.2) is 0 Å². The van der Waals surface area contributed by atoms with Crippen molar-refractivity contribution < 1.29 is 4.74 Å². The molecule has 2 fully saturated rings. The lowest BCUT2D eigenvalue weighted by Crippen LogP contribution is -2.55. The summed E-state index contributed by atoms with van der Waals surface area (Å²) in [6.45, 7) is 12.6. The van der Waals surface area contributed by atoms with E-state index < -0.39 is 0 Å². The second-order valence-electron chi connectivity index (χ2n) is 10.2. The minimum absolute atomic E-state index is 0.211. The zero-order chi connectivity index (χ0) is 22.3. The first-order valence-corrected chi connectivity index (χ1v) is 12.9. The lowest BCUT2D eigenvalue weighted by molar-refractivity contribution is 0.0398. The Bertz CT molecular complexity index is 1100. The van der Waals surface area contributed by atoms with Crippen LogP contribution in [0.3, 0.4) is 0 Å². The molecule has 1 saturated carbocycles. The zero-order valence-electron chi connectivity index (χ0n) is 19.8. The number of morpholine rings is 1. The molecule has 7 nitrogen and oxygen atoms in total. The molecule has 2 unspecified atom stereocenters. The van der Waals surface area contributed by atoms with E-state index >= 15 is 0 Å². The molecule has 1 aliphatic carbocycles. The molecule has 2 aromatic heterocycles. The predicted octanol–water partition coefficient (Wildman–Crippen LogP) is 2.37. The van der Waals surface area contributed by atoms with Crippen LogP contribution in [0.25, 0.3) is 15.8 Å². The van der Waals surface area contributed by atoms with Gasteiger partial charge in [-0.2, -0.15) is 0 Å². The van der Waals surface area contributed by atoms with Crippen molar-refractivity contribution in [2.45, 2.75) is 52.1 Å². The van der Waals surface area contributed by atoms with Crippen molar-refractivity contribution in [1.29, 1.82) is 0 Å². The highest BCUT2D eigenvalue weighted by Crippen LogP contribution is 2.48. The third-order valence-electron chi connectivity index (χ3n) is 7.65. The standard InChI is InChI=1S/C24H36N6OS/c1-5-24(25-4)17-6-7-23(2,3)14-16(17)18-19-20(32-22(18)29-24)21(28-15-27-19)26-8-9-30-10-12-31-13-11-30/h15,17,25H,5-14H2,1-4H3,(H,26,27,28). The molecule has 0 amide bonds. The number of thiophene rings is 1. The maximum atomic E-state index is 5.46. The molecule has 3 aliphatic rings. The fraction of sp³-hybridized carbons (Fsp3) is 0.708. The third-order valence-corrected chi connectivity index (χ3v) is 8.73. The van der Waals surface area contributed by atoms with Gasteiger partial charge in [-0.3, -0.25) is 15.2 Å². The van der Waals surface area contributed by atoms with Crippen molar-refractivity contribution in [2.24, 2.45) is 16.3 Å². The normalized spacial score (nSPS) is 27.6. The highest BCUT2D eigenvalue weighted by Gasteiger charge is 2.45. The van der Waals surface area contributed by atoms with E-state index in [0.717, 1.165) is 72.9 Å². The SMILES string of the molecule is CCC1(NC)N=c2sc3c(NCCN4CCOCC4)ncnc3c2=C2CC(C)(C)CCC21. The van der Waals surface area contributed by atoms with Crippen molar-refractivity contribution in [2.75, 3.05) is 51.8 Å². The lowest BCUT2D eigenvalue weighted by atomic mass is 9.65. The van der Waals surface area contributed by atoms with E-state index in [0.29, 0.717) is 11.3 Å². The first-order chi connectivity index (χ1) is 15.5. The van der Waals surface area contributed by atoms with Crippen LogP contribution >= 0.6 is 11.3 Å². The molecule has 2 N–H and O–H groups in total. The molecular formula is C24H36N6OS. The smallest absolute Gasteiger partial charge is 0.147 e. The Morgan fingerprint density at radius 3 is 2.81 bits per heavy atom. The fourth-order valence-corrected chi connectivity index (χ4v) is 6.97. The highest BCUT2D eigenvalue weighted by molar-refractivity contribution is 7.17. The van der Waals surface area contributed by atoms with Crippen LogP contribution in [0.5, 0.6) is 0 Å². The summed E-state index contributed by atoms with van der Waals surface area (Å²) in [6.07, 6.45) is 6.23. The van der Waals surface area contributed by atoms with Crippen LogP contribution < -0.4 is 20.5 Å². The van der Waals surface area contributed by atoms with Gasteiger partial charge in [0.05, 0.1) is 23.4 Å². The number of hydrogen-bond donors (Lipinski definition) is 2. The van der Waals surface area contributed by atoms with Gasteiger partial charge in [-0.25, -0.2) is 9.97 Å². The molecule has 0 radical (unpaired) electrons. The molecule has 0 aromatic carbocycles. The van der Waals surface area contributed by atoms with E-state index in [1.54, 1.807) is 23.2 Å². The number of aromatic nitrogens is 2. The maximum absolute atomic E-state index is 5.46. The summed E-state index contributed by atoms with van der Waals surface area (Å²) in [5.74, 6) is 1.38. The minimum Gasteiger partial charge on any atom is -0.379 e. The summed E-state index contributed by atoms with van der Waals surface area (Å²) in [5.41, 5.74) is 2.73. The summed E-state index contributed by atoms with van der Waals surface area (Å²) in [4.78, 5) is 17.2. The van der Waals surface area contributed by atoms with Gasteiger partial charge in [0.2, 0.25) is 0 Å². The number of rotatable bonds is 6. The van der Waals surface area contributed by atoms with Crippen LogP contribution in [-0.2, 0) is 4.74 Å². The van der Waals surface area contributed by atoms with Crippen LogP contribution in [0.4, 0.5) is 5.82 Å². The number of anilines is 1. The predicted molar refractivity (Wildman–Crippen MR) is 131 cm³/mol. The Balaban J connectivity index is 1.56. The summed E-state index contributed by atoms with van der Waals surface area (Å²) in [6, 6.07) is 0. The van der Waals surface area contributed by atoms with Crippen LogP contribution in [0.1, 0.15) is 46.5 Å². The second kappa shape index (κ2) is 8.63. The highest BCUT2D eigenvalue weighted by atomic mass is 32.1. The van der Waals surface area contributed by atoms with Gasteiger partial charge < -0.3 is 10.1 Å². The molecular weight excluding hydrogens is 420 g/mol. The molecule has 0 spiro atoms. The van der Waals surface area contributed by atoms with Crippen molar-refractivity contribution >= 4 is 32.9 Å². The van der Waals surface area contributed by atoms with Crippen LogP contribution in [0, 0.1) is 11.3 Å². The Kier molecular flexibility index (Phi) is 5.99. The average Bonchev–Trinajstić information content (AvgIpc) is 3.17. The van der Waals surface area contributed by atoms with Crippen molar-refractivity contribution in [1.82, 2.24) is 20.2 Å². The fourth-order valence-electron chi connectivity index (χ4n) is 5.77. The minimum atomic E-state index is -0.211. The Morgan fingerprint density at radius 1 is 1.25 bits per heavy atom. The first kappa shape index (κ1) is 22.2. The number of hydrogen-bond acceptors (Lipinski definition) is 8. The van der Waals surface area contributed by atoms with E-state index in [1.807, 2.05) is 0 Å².